The summed E-state index contributed by atoms with van der Waals surface area (Å²) in [5, 5.41) is 8.95. The zero-order valence-corrected chi connectivity index (χ0v) is 18.4. The van der Waals surface area contributed by atoms with Gasteiger partial charge in [0.1, 0.15) is 27.2 Å². The van der Waals surface area contributed by atoms with Gasteiger partial charge in [-0.2, -0.15) is 5.10 Å². The number of anilines is 2. The van der Waals surface area contributed by atoms with Crippen molar-refractivity contribution in [3.8, 4) is 10.6 Å². The average Bonchev–Trinajstić information content (AvgIpc) is 3.27. The van der Waals surface area contributed by atoms with E-state index in [1.165, 1.54) is 16.9 Å². The molecule has 2 amide bonds. The number of aromatic nitrogens is 3. The van der Waals surface area contributed by atoms with Crippen molar-refractivity contribution in [1.82, 2.24) is 14.8 Å². The molecule has 0 aliphatic carbocycles. The third-order valence-electron chi connectivity index (χ3n) is 3.88. The van der Waals surface area contributed by atoms with Gasteiger partial charge in [0.05, 0.1) is 24.0 Å². The number of carbonyl (C=O) groups excluding carboxylic acids is 2. The summed E-state index contributed by atoms with van der Waals surface area (Å²) in [6, 6.07) is 3.37. The van der Waals surface area contributed by atoms with Gasteiger partial charge in [-0.15, -0.1) is 0 Å². The maximum atomic E-state index is 14.3. The molecule has 0 aliphatic rings. The molecule has 0 bridgehead atoms. The molecule has 3 aromatic rings. The minimum atomic E-state index is -0.849. The van der Waals surface area contributed by atoms with Gasteiger partial charge < -0.3 is 15.8 Å². The molecule has 0 atom stereocenters. The highest BCUT2D eigenvalue weighted by molar-refractivity contribution is 7.19. The molecule has 0 aliphatic heterocycles. The van der Waals surface area contributed by atoms with E-state index < -0.39 is 34.8 Å². The fourth-order valence-electron chi connectivity index (χ4n) is 2.64. The number of halogens is 2. The SMILES string of the molecule is CC(C)(C)OC(=O)Nc1sc(-c2c(F)cccc2F)nc1C(=O)Nc1cnn(CCN)c1. The van der Waals surface area contributed by atoms with E-state index >= 15 is 0 Å². The van der Waals surface area contributed by atoms with Crippen molar-refractivity contribution in [1.29, 1.82) is 0 Å². The molecule has 2 aromatic heterocycles. The monoisotopic (exact) mass is 464 g/mol. The van der Waals surface area contributed by atoms with E-state index in [4.69, 9.17) is 10.5 Å². The number of benzene rings is 1. The summed E-state index contributed by atoms with van der Waals surface area (Å²) in [5.41, 5.74) is 4.41. The zero-order chi connectivity index (χ0) is 23.5. The van der Waals surface area contributed by atoms with E-state index in [0.717, 1.165) is 23.5 Å². The standard InChI is InChI=1S/C20H22F2N6O3S/c1-20(2,3)31-19(30)27-18-15(16(29)25-11-9-24-28(10-11)8-7-23)26-17(32-18)14-12(21)5-4-6-13(14)22/h4-6,9-10H,7-8,23H2,1-3H3,(H,25,29)(H,27,30). The van der Waals surface area contributed by atoms with Crippen molar-refractivity contribution in [2.24, 2.45) is 5.73 Å². The molecule has 4 N–H and O–H groups in total. The lowest BCUT2D eigenvalue weighted by molar-refractivity contribution is 0.0636. The van der Waals surface area contributed by atoms with Crippen molar-refractivity contribution in [2.75, 3.05) is 17.2 Å². The molecule has 0 radical (unpaired) electrons. The Morgan fingerprint density at radius 2 is 1.91 bits per heavy atom. The number of amides is 2. The zero-order valence-electron chi connectivity index (χ0n) is 17.6. The van der Waals surface area contributed by atoms with E-state index in [-0.39, 0.29) is 15.7 Å². The Balaban J connectivity index is 1.95. The highest BCUT2D eigenvalue weighted by atomic mass is 32.1. The minimum Gasteiger partial charge on any atom is -0.444 e. The van der Waals surface area contributed by atoms with Gasteiger partial charge in [-0.25, -0.2) is 18.6 Å². The van der Waals surface area contributed by atoms with E-state index in [2.05, 4.69) is 20.7 Å². The normalized spacial score (nSPS) is 11.3. The number of hydrogen-bond donors (Lipinski definition) is 3. The average molecular weight is 464 g/mol. The number of nitrogens with two attached hydrogens (primary N) is 1. The van der Waals surface area contributed by atoms with Crippen molar-refractivity contribution < 1.29 is 23.1 Å². The predicted octanol–water partition coefficient (Wildman–Crippen LogP) is 3.84. The summed E-state index contributed by atoms with van der Waals surface area (Å²) in [5.74, 6) is -2.40. The summed E-state index contributed by atoms with van der Waals surface area (Å²) < 4.78 is 35.3. The maximum absolute atomic E-state index is 14.3. The first-order chi connectivity index (χ1) is 15.1. The van der Waals surface area contributed by atoms with Gasteiger partial charge in [-0.3, -0.25) is 14.8 Å². The molecule has 0 unspecified atom stereocenters. The van der Waals surface area contributed by atoms with Crippen molar-refractivity contribution >= 4 is 34.0 Å². The molecular formula is C20H22F2N6O3S. The Morgan fingerprint density at radius 1 is 1.22 bits per heavy atom. The van der Waals surface area contributed by atoms with Crippen LogP contribution in [-0.4, -0.2) is 38.9 Å². The maximum Gasteiger partial charge on any atom is 0.412 e. The van der Waals surface area contributed by atoms with Gasteiger partial charge in [-0.05, 0) is 32.9 Å². The van der Waals surface area contributed by atoms with Crippen LogP contribution in [0.2, 0.25) is 0 Å². The third-order valence-corrected chi connectivity index (χ3v) is 4.87. The first kappa shape index (κ1) is 23.3. The molecule has 0 saturated heterocycles. The lowest BCUT2D eigenvalue weighted by Gasteiger charge is -2.19. The van der Waals surface area contributed by atoms with Gasteiger partial charge in [0.2, 0.25) is 0 Å². The molecule has 12 heteroatoms. The molecule has 2 heterocycles. The fraction of sp³-hybridized carbons (Fsp3) is 0.300. The summed E-state index contributed by atoms with van der Waals surface area (Å²) in [6.45, 7) is 5.83. The number of rotatable bonds is 6. The molecule has 0 saturated carbocycles. The molecular weight excluding hydrogens is 442 g/mol. The molecule has 32 heavy (non-hydrogen) atoms. The van der Waals surface area contributed by atoms with Crippen LogP contribution in [0.5, 0.6) is 0 Å². The van der Waals surface area contributed by atoms with Gasteiger partial charge in [0, 0.05) is 12.7 Å². The van der Waals surface area contributed by atoms with E-state index in [0.29, 0.717) is 18.8 Å². The van der Waals surface area contributed by atoms with Gasteiger partial charge >= 0.3 is 6.09 Å². The molecule has 3 rings (SSSR count). The smallest absolute Gasteiger partial charge is 0.412 e. The van der Waals surface area contributed by atoms with E-state index in [1.807, 2.05) is 0 Å². The predicted molar refractivity (Wildman–Crippen MR) is 117 cm³/mol. The third kappa shape index (κ3) is 5.65. The van der Waals surface area contributed by atoms with Gasteiger partial charge in [-0.1, -0.05) is 17.4 Å². The molecule has 9 nitrogen and oxygen atoms in total. The molecule has 0 fully saturated rings. The second-order valence-electron chi connectivity index (χ2n) is 7.66. The Labute approximate surface area is 186 Å². The lowest BCUT2D eigenvalue weighted by atomic mass is 10.2. The van der Waals surface area contributed by atoms with Crippen LogP contribution in [0.15, 0.2) is 30.6 Å². The highest BCUT2D eigenvalue weighted by Gasteiger charge is 2.26. The van der Waals surface area contributed by atoms with Crippen LogP contribution in [0.25, 0.3) is 10.6 Å². The van der Waals surface area contributed by atoms with Crippen LogP contribution < -0.4 is 16.4 Å². The molecule has 1 aromatic carbocycles. The Hall–Kier alpha value is -3.38. The number of nitrogens with zero attached hydrogens (tertiary/aromatic N) is 3. The molecule has 170 valence electrons. The van der Waals surface area contributed by atoms with Crippen molar-refractivity contribution in [3.05, 3.63) is 47.9 Å². The summed E-state index contributed by atoms with van der Waals surface area (Å²) >= 11 is 0.746. The number of hydrogen-bond acceptors (Lipinski definition) is 7. The Bertz CT molecular complexity index is 1120. The first-order valence-electron chi connectivity index (χ1n) is 9.56. The summed E-state index contributed by atoms with van der Waals surface area (Å²) in [6.07, 6.45) is 2.14. The minimum absolute atomic E-state index is 0.0243. The summed E-state index contributed by atoms with van der Waals surface area (Å²) in [4.78, 5) is 29.2. The molecule has 0 spiro atoms. The van der Waals surface area contributed by atoms with Crippen LogP contribution >= 0.6 is 11.3 Å². The van der Waals surface area contributed by atoms with Crippen LogP contribution in [0.1, 0.15) is 31.3 Å². The van der Waals surface area contributed by atoms with Crippen LogP contribution in [0.3, 0.4) is 0 Å². The number of nitrogens with one attached hydrogen (secondary N) is 2. The number of thiazole rings is 1. The first-order valence-corrected chi connectivity index (χ1v) is 10.4. The van der Waals surface area contributed by atoms with Gasteiger partial charge in [0.15, 0.2) is 5.69 Å². The largest absolute Gasteiger partial charge is 0.444 e. The summed E-state index contributed by atoms with van der Waals surface area (Å²) in [7, 11) is 0. The second kappa shape index (κ2) is 9.40. The number of ether oxygens (including phenoxy) is 1. The van der Waals surface area contributed by atoms with E-state index in [9.17, 15) is 18.4 Å². The quantitative estimate of drug-likeness (QED) is 0.509. The Morgan fingerprint density at radius 3 is 2.53 bits per heavy atom. The van der Waals surface area contributed by atoms with Crippen LogP contribution in [-0.2, 0) is 11.3 Å². The van der Waals surface area contributed by atoms with Crippen LogP contribution in [0.4, 0.5) is 24.3 Å². The number of carbonyl (C=O) groups is 2. The van der Waals surface area contributed by atoms with Crippen LogP contribution in [0, 0.1) is 11.6 Å². The highest BCUT2D eigenvalue weighted by Crippen LogP contribution is 2.35. The Kier molecular flexibility index (Phi) is 6.84. The lowest BCUT2D eigenvalue weighted by Crippen LogP contribution is -2.27. The second-order valence-corrected chi connectivity index (χ2v) is 8.65. The fourth-order valence-corrected chi connectivity index (χ4v) is 3.63. The van der Waals surface area contributed by atoms with Gasteiger partial charge in [0.25, 0.3) is 5.91 Å². The van der Waals surface area contributed by atoms with Crippen molar-refractivity contribution in [3.63, 3.8) is 0 Å². The van der Waals surface area contributed by atoms with Crippen molar-refractivity contribution in [2.45, 2.75) is 32.9 Å². The van der Waals surface area contributed by atoms with E-state index in [1.54, 1.807) is 27.0 Å². The topological polar surface area (TPSA) is 124 Å².